The lowest BCUT2D eigenvalue weighted by Crippen LogP contribution is -2.53. The maximum absolute atomic E-state index is 13.9. The maximum Gasteiger partial charge on any atom is 0.244 e. The summed E-state index contributed by atoms with van der Waals surface area (Å²) in [7, 11) is -3.81. The zero-order chi connectivity index (χ0) is 27.3. The second-order valence-electron chi connectivity index (χ2n) is 9.62. The summed E-state index contributed by atoms with van der Waals surface area (Å²) < 4.78 is 26.8. The van der Waals surface area contributed by atoms with E-state index in [4.69, 9.17) is 23.2 Å². The number of nitrogens with zero attached hydrogens (tertiary/aromatic N) is 2. The molecule has 2 aromatic carbocycles. The molecule has 0 aliphatic heterocycles. The maximum atomic E-state index is 13.9. The summed E-state index contributed by atoms with van der Waals surface area (Å²) in [6.07, 6.45) is 5.33. The quantitative estimate of drug-likeness (QED) is 0.425. The molecule has 202 valence electrons. The first-order valence-corrected chi connectivity index (χ1v) is 15.1. The van der Waals surface area contributed by atoms with Crippen molar-refractivity contribution in [2.24, 2.45) is 0 Å². The largest absolute Gasteiger partial charge is 0.352 e. The second kappa shape index (κ2) is 12.5. The van der Waals surface area contributed by atoms with Gasteiger partial charge in [0, 0.05) is 28.2 Å². The average molecular weight is 569 g/mol. The van der Waals surface area contributed by atoms with Crippen LogP contribution in [0.2, 0.25) is 10.0 Å². The summed E-state index contributed by atoms with van der Waals surface area (Å²) in [5.74, 6) is -0.778. The van der Waals surface area contributed by atoms with Crippen molar-refractivity contribution in [1.82, 2.24) is 10.2 Å². The van der Waals surface area contributed by atoms with Gasteiger partial charge in [0.2, 0.25) is 21.8 Å². The number of sulfonamides is 1. The monoisotopic (exact) mass is 567 g/mol. The number of rotatable bonds is 10. The Labute approximate surface area is 230 Å². The lowest BCUT2D eigenvalue weighted by molar-refractivity contribution is -0.140. The topological polar surface area (TPSA) is 86.8 Å². The van der Waals surface area contributed by atoms with Crippen LogP contribution in [-0.2, 0) is 26.2 Å². The molecular formula is C27H35Cl2N3O4S. The number of hydrogen-bond acceptors (Lipinski definition) is 4. The van der Waals surface area contributed by atoms with Crippen molar-refractivity contribution in [2.45, 2.75) is 71.5 Å². The van der Waals surface area contributed by atoms with Gasteiger partial charge in [0.25, 0.3) is 0 Å². The lowest BCUT2D eigenvalue weighted by atomic mass is 10.1. The molecular weight excluding hydrogens is 533 g/mol. The molecule has 7 nitrogen and oxygen atoms in total. The number of halogens is 2. The van der Waals surface area contributed by atoms with E-state index in [-0.39, 0.29) is 18.5 Å². The molecule has 0 unspecified atom stereocenters. The highest BCUT2D eigenvalue weighted by molar-refractivity contribution is 7.92. The van der Waals surface area contributed by atoms with Crippen molar-refractivity contribution in [3.05, 3.63) is 63.1 Å². The molecule has 2 amide bonds. The Kier molecular flexibility index (Phi) is 9.89. The van der Waals surface area contributed by atoms with Gasteiger partial charge in [-0.2, -0.15) is 0 Å². The average Bonchev–Trinajstić information content (AvgIpc) is 3.33. The van der Waals surface area contributed by atoms with Crippen molar-refractivity contribution in [1.29, 1.82) is 0 Å². The Balaban J connectivity index is 2.00. The number of aryl methyl sites for hydroxylation is 1. The third-order valence-electron chi connectivity index (χ3n) is 7.00. The molecule has 37 heavy (non-hydrogen) atoms. The van der Waals surface area contributed by atoms with Crippen molar-refractivity contribution < 1.29 is 18.0 Å². The van der Waals surface area contributed by atoms with Crippen LogP contribution in [0, 0.1) is 13.8 Å². The van der Waals surface area contributed by atoms with Gasteiger partial charge in [0.15, 0.2) is 0 Å². The Morgan fingerprint density at radius 1 is 1.05 bits per heavy atom. The van der Waals surface area contributed by atoms with Gasteiger partial charge >= 0.3 is 0 Å². The third kappa shape index (κ3) is 7.18. The fraction of sp³-hybridized carbons (Fsp3) is 0.481. The fourth-order valence-electron chi connectivity index (χ4n) is 4.74. The molecule has 0 bridgehead atoms. The molecule has 1 aliphatic carbocycles. The molecule has 1 aliphatic rings. The van der Waals surface area contributed by atoms with Gasteiger partial charge in [0.1, 0.15) is 12.6 Å². The number of benzene rings is 2. The van der Waals surface area contributed by atoms with Crippen LogP contribution in [0.1, 0.15) is 55.7 Å². The normalized spacial score (nSPS) is 14.9. The van der Waals surface area contributed by atoms with Crippen LogP contribution < -0.4 is 9.62 Å². The number of carbonyl (C=O) groups is 2. The summed E-state index contributed by atoms with van der Waals surface area (Å²) in [5, 5.41) is 3.81. The third-order valence-corrected chi connectivity index (χ3v) is 8.84. The molecule has 1 saturated carbocycles. The van der Waals surface area contributed by atoms with E-state index in [0.29, 0.717) is 27.7 Å². The molecule has 10 heteroatoms. The van der Waals surface area contributed by atoms with Crippen LogP contribution in [0.4, 0.5) is 5.69 Å². The standard InChI is InChI=1S/C27H35Cl2N3O4S/c1-5-24(27(34)30-20-11-6-7-12-20)31(16-21-22(28)13-9-14-23(21)29)26(33)17-32(37(4,35)36)25-15-8-10-18(2)19(25)3/h8-10,13-15,20,24H,5-7,11-12,16-17H2,1-4H3,(H,30,34)/t24-/m1/s1. The number of nitrogens with one attached hydrogen (secondary N) is 1. The minimum Gasteiger partial charge on any atom is -0.352 e. The van der Waals surface area contributed by atoms with E-state index >= 15 is 0 Å². The Bertz CT molecular complexity index is 1230. The zero-order valence-electron chi connectivity index (χ0n) is 21.8. The summed E-state index contributed by atoms with van der Waals surface area (Å²) >= 11 is 12.9. The molecule has 1 fully saturated rings. The number of hydrogen-bond donors (Lipinski definition) is 1. The van der Waals surface area contributed by atoms with Crippen LogP contribution in [0.25, 0.3) is 0 Å². The van der Waals surface area contributed by atoms with Gasteiger partial charge in [-0.05, 0) is 62.4 Å². The number of anilines is 1. The summed E-state index contributed by atoms with van der Waals surface area (Å²) in [6, 6.07) is 9.61. The van der Waals surface area contributed by atoms with Gasteiger partial charge in [0.05, 0.1) is 11.9 Å². The molecule has 0 heterocycles. The molecule has 1 N–H and O–H groups in total. The van der Waals surface area contributed by atoms with E-state index < -0.39 is 28.5 Å². The van der Waals surface area contributed by atoms with E-state index in [1.165, 1.54) is 4.90 Å². The molecule has 0 spiro atoms. The Morgan fingerprint density at radius 3 is 2.22 bits per heavy atom. The minimum atomic E-state index is -3.81. The summed E-state index contributed by atoms with van der Waals surface area (Å²) in [5.41, 5.74) is 2.59. The predicted octanol–water partition coefficient (Wildman–Crippen LogP) is 5.24. The van der Waals surface area contributed by atoms with Crippen LogP contribution in [0.3, 0.4) is 0 Å². The van der Waals surface area contributed by atoms with Gasteiger partial charge < -0.3 is 10.2 Å². The van der Waals surface area contributed by atoms with Crippen LogP contribution in [0.5, 0.6) is 0 Å². The molecule has 1 atom stereocenters. The van der Waals surface area contributed by atoms with E-state index in [2.05, 4.69) is 5.32 Å². The summed E-state index contributed by atoms with van der Waals surface area (Å²) in [6.45, 7) is 5.04. The Hall–Kier alpha value is -2.29. The van der Waals surface area contributed by atoms with Gasteiger partial charge in [-0.1, -0.05) is 61.2 Å². The second-order valence-corrected chi connectivity index (χ2v) is 12.3. The molecule has 3 rings (SSSR count). The van der Waals surface area contributed by atoms with Crippen molar-refractivity contribution >= 4 is 50.7 Å². The molecule has 0 saturated heterocycles. The smallest absolute Gasteiger partial charge is 0.244 e. The van der Waals surface area contributed by atoms with E-state index in [0.717, 1.165) is 47.4 Å². The van der Waals surface area contributed by atoms with Crippen LogP contribution in [0.15, 0.2) is 36.4 Å². The van der Waals surface area contributed by atoms with Gasteiger partial charge in [-0.3, -0.25) is 13.9 Å². The first kappa shape index (κ1) is 29.3. The van der Waals surface area contributed by atoms with Crippen molar-refractivity contribution in [2.75, 3.05) is 17.1 Å². The van der Waals surface area contributed by atoms with Crippen LogP contribution >= 0.6 is 23.2 Å². The van der Waals surface area contributed by atoms with Crippen molar-refractivity contribution in [3.8, 4) is 0 Å². The van der Waals surface area contributed by atoms with Crippen LogP contribution in [-0.4, -0.2) is 50.0 Å². The van der Waals surface area contributed by atoms with Crippen molar-refractivity contribution in [3.63, 3.8) is 0 Å². The number of amides is 2. The first-order chi connectivity index (χ1) is 17.4. The molecule has 0 radical (unpaired) electrons. The van der Waals surface area contributed by atoms with E-state index in [9.17, 15) is 18.0 Å². The fourth-order valence-corrected chi connectivity index (χ4v) is 6.16. The zero-order valence-corrected chi connectivity index (χ0v) is 24.1. The molecule has 0 aromatic heterocycles. The lowest BCUT2D eigenvalue weighted by Gasteiger charge is -2.34. The highest BCUT2D eigenvalue weighted by Gasteiger charge is 2.34. The van der Waals surface area contributed by atoms with E-state index in [1.54, 1.807) is 30.3 Å². The van der Waals surface area contributed by atoms with Gasteiger partial charge in [-0.25, -0.2) is 8.42 Å². The predicted molar refractivity (Wildman–Crippen MR) is 150 cm³/mol. The van der Waals surface area contributed by atoms with E-state index in [1.807, 2.05) is 26.8 Å². The SMILES string of the molecule is CC[C@H](C(=O)NC1CCCC1)N(Cc1c(Cl)cccc1Cl)C(=O)CN(c1cccc(C)c1C)S(C)(=O)=O. The molecule has 2 aromatic rings. The highest BCUT2D eigenvalue weighted by Crippen LogP contribution is 2.29. The first-order valence-electron chi connectivity index (χ1n) is 12.5. The van der Waals surface area contributed by atoms with Gasteiger partial charge in [-0.15, -0.1) is 0 Å². The summed E-state index contributed by atoms with van der Waals surface area (Å²) in [4.78, 5) is 28.7. The highest BCUT2D eigenvalue weighted by atomic mass is 35.5. The Morgan fingerprint density at radius 2 is 1.65 bits per heavy atom. The number of carbonyl (C=O) groups excluding carboxylic acids is 2. The minimum absolute atomic E-state index is 0.0294.